The molecule has 0 fully saturated rings. The van der Waals surface area contributed by atoms with Crippen LogP contribution in [-0.4, -0.2) is 11.0 Å². The number of nitrogens with one attached hydrogen (secondary N) is 1. The van der Waals surface area contributed by atoms with Gasteiger partial charge in [-0.2, -0.15) is 0 Å². The highest BCUT2D eigenvalue weighted by atomic mass is 16.5. The van der Waals surface area contributed by atoms with Gasteiger partial charge in [0, 0.05) is 13.1 Å². The van der Waals surface area contributed by atoms with E-state index >= 15 is 0 Å². The van der Waals surface area contributed by atoms with E-state index in [1.165, 1.54) is 6.92 Å². The number of esters is 1. The summed E-state index contributed by atoms with van der Waals surface area (Å²) < 4.78 is 4.92. The van der Waals surface area contributed by atoms with Crippen LogP contribution in [0.4, 0.5) is 0 Å². The van der Waals surface area contributed by atoms with Gasteiger partial charge in [0.15, 0.2) is 0 Å². The molecule has 0 bridgehead atoms. The smallest absolute Gasteiger partial charge is 0.303 e. The highest BCUT2D eigenvalue weighted by molar-refractivity contribution is 5.66. The van der Waals surface area contributed by atoms with Crippen molar-refractivity contribution in [2.24, 2.45) is 0 Å². The van der Waals surface area contributed by atoms with E-state index in [4.69, 9.17) is 4.74 Å². The van der Waals surface area contributed by atoms with E-state index in [-0.39, 0.29) is 12.1 Å². The van der Waals surface area contributed by atoms with E-state index in [0.717, 1.165) is 5.69 Å². The number of ether oxygens (including phenoxy) is 1. The van der Waals surface area contributed by atoms with E-state index < -0.39 is 0 Å². The first kappa shape index (κ1) is 7.85. The van der Waals surface area contributed by atoms with Gasteiger partial charge < -0.3 is 9.72 Å². The van der Waals surface area contributed by atoms with Gasteiger partial charge in [-0.05, 0) is 19.1 Å². The fourth-order valence-corrected chi connectivity index (χ4v) is 0.910. The molecule has 0 aliphatic carbocycles. The van der Waals surface area contributed by atoms with Crippen molar-refractivity contribution in [2.75, 3.05) is 0 Å². The molecule has 1 atom stereocenters. The molecule has 1 aromatic rings. The minimum Gasteiger partial charge on any atom is -0.456 e. The summed E-state index contributed by atoms with van der Waals surface area (Å²) in [7, 11) is 0. The van der Waals surface area contributed by atoms with Crippen molar-refractivity contribution in [1.29, 1.82) is 0 Å². The number of aromatic amines is 1. The quantitative estimate of drug-likeness (QED) is 0.656. The van der Waals surface area contributed by atoms with Crippen LogP contribution in [0.15, 0.2) is 18.3 Å². The first-order valence-corrected chi connectivity index (χ1v) is 3.50. The predicted molar refractivity (Wildman–Crippen MR) is 41.0 cm³/mol. The Labute approximate surface area is 65.4 Å². The molecule has 3 nitrogen and oxygen atoms in total. The molecule has 60 valence electrons. The Kier molecular flexibility index (Phi) is 2.31. The van der Waals surface area contributed by atoms with Gasteiger partial charge in [0.2, 0.25) is 0 Å². The second kappa shape index (κ2) is 3.23. The number of H-pyrrole nitrogens is 1. The van der Waals surface area contributed by atoms with Gasteiger partial charge in [0.05, 0.1) is 5.69 Å². The third kappa shape index (κ3) is 2.11. The Hall–Kier alpha value is -1.25. The molecule has 0 saturated carbocycles. The summed E-state index contributed by atoms with van der Waals surface area (Å²) in [6.45, 7) is 3.23. The van der Waals surface area contributed by atoms with Gasteiger partial charge in [0.1, 0.15) is 6.10 Å². The molecule has 0 aromatic carbocycles. The molecule has 0 saturated heterocycles. The molecule has 3 heteroatoms. The zero-order valence-electron chi connectivity index (χ0n) is 6.63. The van der Waals surface area contributed by atoms with E-state index in [0.29, 0.717) is 0 Å². The highest BCUT2D eigenvalue weighted by Gasteiger charge is 2.07. The molecule has 0 radical (unpaired) electrons. The van der Waals surface area contributed by atoms with Gasteiger partial charge in [-0.3, -0.25) is 4.79 Å². The zero-order chi connectivity index (χ0) is 8.27. The first-order chi connectivity index (χ1) is 5.20. The molecule has 1 rings (SSSR count). The Morgan fingerprint density at radius 3 is 2.91 bits per heavy atom. The molecule has 1 aromatic heterocycles. The summed E-state index contributed by atoms with van der Waals surface area (Å²) in [5.41, 5.74) is 0.917. The second-order valence-corrected chi connectivity index (χ2v) is 2.38. The summed E-state index contributed by atoms with van der Waals surface area (Å²) in [5.74, 6) is -0.257. The van der Waals surface area contributed by atoms with E-state index in [9.17, 15) is 4.79 Å². The topological polar surface area (TPSA) is 42.1 Å². The van der Waals surface area contributed by atoms with Gasteiger partial charge in [-0.1, -0.05) is 0 Å². The van der Waals surface area contributed by atoms with Crippen LogP contribution >= 0.6 is 0 Å². The normalized spacial score (nSPS) is 12.5. The standard InChI is InChI=1S/C8H11NO2/c1-6(11-7(2)10)8-4-3-5-9-8/h3-6,9H,1-2H3. The van der Waals surface area contributed by atoms with Crippen LogP contribution < -0.4 is 0 Å². The lowest BCUT2D eigenvalue weighted by Crippen LogP contribution is -2.04. The summed E-state index contributed by atoms with van der Waals surface area (Å²) in [6, 6.07) is 3.75. The number of hydrogen-bond donors (Lipinski definition) is 1. The summed E-state index contributed by atoms with van der Waals surface area (Å²) in [4.78, 5) is 13.5. The molecule has 0 amide bonds. The fraction of sp³-hybridized carbons (Fsp3) is 0.375. The lowest BCUT2D eigenvalue weighted by molar-refractivity contribution is -0.145. The number of carbonyl (C=O) groups is 1. The largest absolute Gasteiger partial charge is 0.456 e. The Morgan fingerprint density at radius 1 is 1.73 bits per heavy atom. The van der Waals surface area contributed by atoms with Crippen molar-refractivity contribution in [1.82, 2.24) is 4.98 Å². The van der Waals surface area contributed by atoms with Crippen molar-refractivity contribution in [3.63, 3.8) is 0 Å². The van der Waals surface area contributed by atoms with E-state index in [1.54, 1.807) is 6.20 Å². The molecule has 1 unspecified atom stereocenters. The fourth-order valence-electron chi connectivity index (χ4n) is 0.910. The van der Waals surface area contributed by atoms with Crippen LogP contribution in [0, 0.1) is 0 Å². The van der Waals surface area contributed by atoms with Crippen LogP contribution in [0.3, 0.4) is 0 Å². The predicted octanol–water partition coefficient (Wildman–Crippen LogP) is 1.64. The third-order valence-electron chi connectivity index (χ3n) is 1.40. The van der Waals surface area contributed by atoms with Crippen LogP contribution in [0.25, 0.3) is 0 Å². The molecule has 0 spiro atoms. The van der Waals surface area contributed by atoms with Gasteiger partial charge in [-0.25, -0.2) is 0 Å². The average molecular weight is 153 g/mol. The number of rotatable bonds is 2. The molecule has 0 aliphatic rings. The number of carbonyl (C=O) groups excluding carboxylic acids is 1. The minimum absolute atomic E-state index is 0.178. The van der Waals surface area contributed by atoms with Crippen molar-refractivity contribution in [3.05, 3.63) is 24.0 Å². The van der Waals surface area contributed by atoms with Crippen molar-refractivity contribution < 1.29 is 9.53 Å². The van der Waals surface area contributed by atoms with Crippen LogP contribution in [0.5, 0.6) is 0 Å². The number of aromatic nitrogens is 1. The monoisotopic (exact) mass is 153 g/mol. The summed E-state index contributed by atoms with van der Waals surface area (Å²) in [6.07, 6.45) is 1.62. The third-order valence-corrected chi connectivity index (χ3v) is 1.40. The average Bonchev–Trinajstić information content (AvgIpc) is 2.35. The van der Waals surface area contributed by atoms with Crippen LogP contribution in [0.2, 0.25) is 0 Å². The lowest BCUT2D eigenvalue weighted by Gasteiger charge is -2.08. The summed E-state index contributed by atoms with van der Waals surface area (Å²) >= 11 is 0. The molecule has 11 heavy (non-hydrogen) atoms. The SMILES string of the molecule is CC(=O)OC(C)c1ccc[nH]1. The molecule has 1 heterocycles. The zero-order valence-corrected chi connectivity index (χ0v) is 6.63. The van der Waals surface area contributed by atoms with Gasteiger partial charge >= 0.3 is 5.97 Å². The Morgan fingerprint density at radius 2 is 2.45 bits per heavy atom. The minimum atomic E-state index is -0.257. The van der Waals surface area contributed by atoms with Crippen LogP contribution in [-0.2, 0) is 9.53 Å². The van der Waals surface area contributed by atoms with Gasteiger partial charge in [0.25, 0.3) is 0 Å². The first-order valence-electron chi connectivity index (χ1n) is 3.50. The highest BCUT2D eigenvalue weighted by Crippen LogP contribution is 2.13. The van der Waals surface area contributed by atoms with Crippen LogP contribution in [0.1, 0.15) is 25.6 Å². The van der Waals surface area contributed by atoms with Crippen molar-refractivity contribution >= 4 is 5.97 Å². The number of hydrogen-bond acceptors (Lipinski definition) is 2. The van der Waals surface area contributed by atoms with E-state index in [1.807, 2.05) is 19.1 Å². The molecule has 1 N–H and O–H groups in total. The second-order valence-electron chi connectivity index (χ2n) is 2.38. The maximum atomic E-state index is 10.5. The van der Waals surface area contributed by atoms with E-state index in [2.05, 4.69) is 4.98 Å². The molecule has 0 aliphatic heterocycles. The summed E-state index contributed by atoms with van der Waals surface area (Å²) in [5, 5.41) is 0. The van der Waals surface area contributed by atoms with Crippen molar-refractivity contribution in [3.8, 4) is 0 Å². The maximum Gasteiger partial charge on any atom is 0.303 e. The Balaban J connectivity index is 2.56. The molecular weight excluding hydrogens is 142 g/mol. The Bertz CT molecular complexity index is 228. The molecular formula is C8H11NO2. The lowest BCUT2D eigenvalue weighted by atomic mass is 10.3. The maximum absolute atomic E-state index is 10.5. The van der Waals surface area contributed by atoms with Gasteiger partial charge in [-0.15, -0.1) is 0 Å². The van der Waals surface area contributed by atoms with Crippen molar-refractivity contribution in [2.45, 2.75) is 20.0 Å².